The molecule has 0 radical (unpaired) electrons. The van der Waals surface area contributed by atoms with Gasteiger partial charge in [0.15, 0.2) is 11.6 Å². The lowest BCUT2D eigenvalue weighted by molar-refractivity contribution is 0.0572. The Balaban J connectivity index is 1.37. The second kappa shape index (κ2) is 8.64. The van der Waals surface area contributed by atoms with Gasteiger partial charge in [-0.3, -0.25) is 9.69 Å². The Kier molecular flexibility index (Phi) is 5.64. The van der Waals surface area contributed by atoms with E-state index in [1.807, 2.05) is 54.0 Å². The van der Waals surface area contributed by atoms with E-state index in [9.17, 15) is 15.0 Å². The number of Topliss-reactive ketones (excluding diaryl/α,β-unsaturated/α-hetero) is 1. The Morgan fingerprint density at radius 2 is 1.94 bits per heavy atom. The molecule has 0 aliphatic carbocycles. The molecule has 10 heteroatoms. The summed E-state index contributed by atoms with van der Waals surface area (Å²) in [6.45, 7) is 4.95. The molecule has 1 aliphatic rings. The Hall–Kier alpha value is -3.60. The Labute approximate surface area is 196 Å². The molecule has 3 aromatic heterocycles. The number of aliphatic hydroxyl groups excluding tert-OH is 2. The number of fused-ring (bicyclic) bond motifs is 1. The molecule has 34 heavy (non-hydrogen) atoms. The number of carbonyl (C=O) groups excluding carboxylic acids is 1. The summed E-state index contributed by atoms with van der Waals surface area (Å²) in [5.41, 5.74) is 4.29. The number of likely N-dealkylation sites (tertiary alicyclic amines) is 1. The van der Waals surface area contributed by atoms with Gasteiger partial charge in [0.25, 0.3) is 0 Å². The molecule has 4 aromatic rings. The molecule has 0 spiro atoms. The standard InChI is InChI=1S/C24H27N7O3/c1-14-16(9-30-12-21(33)22(34)13-30)10-31(28-14)23-6-7-25-24(27-23)26-17-4-5-20-18(8-17)19(15(2)32)11-29(20)3/h4-8,10-11,21-22,33-34H,9,12-13H2,1-3H3,(H,25,26,27)/t21-,22-/m0/s1. The van der Waals surface area contributed by atoms with Gasteiger partial charge in [0.1, 0.15) is 0 Å². The van der Waals surface area contributed by atoms with E-state index in [2.05, 4.69) is 20.4 Å². The Morgan fingerprint density at radius 3 is 2.68 bits per heavy atom. The molecule has 1 fully saturated rings. The van der Waals surface area contributed by atoms with Gasteiger partial charge in [-0.25, -0.2) is 9.67 Å². The van der Waals surface area contributed by atoms with Crippen LogP contribution in [0.3, 0.4) is 0 Å². The van der Waals surface area contributed by atoms with E-state index >= 15 is 0 Å². The molecule has 1 aromatic carbocycles. The van der Waals surface area contributed by atoms with Crippen LogP contribution < -0.4 is 5.32 Å². The van der Waals surface area contributed by atoms with E-state index in [4.69, 9.17) is 0 Å². The lowest BCUT2D eigenvalue weighted by atomic mass is 10.1. The lowest BCUT2D eigenvalue weighted by Crippen LogP contribution is -2.22. The maximum absolute atomic E-state index is 12.0. The molecule has 3 N–H and O–H groups in total. The molecular formula is C24H27N7O3. The van der Waals surface area contributed by atoms with Gasteiger partial charge in [0.05, 0.1) is 17.9 Å². The largest absolute Gasteiger partial charge is 0.389 e. The van der Waals surface area contributed by atoms with E-state index in [0.29, 0.717) is 37.0 Å². The first-order valence-electron chi connectivity index (χ1n) is 11.1. The zero-order chi connectivity index (χ0) is 24.0. The van der Waals surface area contributed by atoms with Gasteiger partial charge in [-0.15, -0.1) is 0 Å². The van der Waals surface area contributed by atoms with Gasteiger partial charge in [0, 0.05) is 79.1 Å². The summed E-state index contributed by atoms with van der Waals surface area (Å²) in [5.74, 6) is 1.04. The van der Waals surface area contributed by atoms with E-state index in [0.717, 1.165) is 27.8 Å². The highest BCUT2D eigenvalue weighted by Gasteiger charge is 2.29. The van der Waals surface area contributed by atoms with Gasteiger partial charge in [-0.1, -0.05) is 0 Å². The van der Waals surface area contributed by atoms with Crippen molar-refractivity contribution in [2.75, 3.05) is 18.4 Å². The number of anilines is 2. The lowest BCUT2D eigenvalue weighted by Gasteiger charge is -2.13. The number of ketones is 1. The number of aryl methyl sites for hydroxylation is 2. The third-order valence-corrected chi connectivity index (χ3v) is 6.23. The Morgan fingerprint density at radius 1 is 1.18 bits per heavy atom. The second-order valence-electron chi connectivity index (χ2n) is 8.82. The number of rotatable bonds is 6. The number of hydrogen-bond acceptors (Lipinski definition) is 8. The quantitative estimate of drug-likeness (QED) is 0.373. The van der Waals surface area contributed by atoms with Gasteiger partial charge >= 0.3 is 0 Å². The molecule has 176 valence electrons. The van der Waals surface area contributed by atoms with Crippen molar-refractivity contribution in [3.05, 3.63) is 59.7 Å². The van der Waals surface area contributed by atoms with Crippen LogP contribution in [0, 0.1) is 6.92 Å². The minimum Gasteiger partial charge on any atom is -0.389 e. The van der Waals surface area contributed by atoms with Crippen LogP contribution in [0.5, 0.6) is 0 Å². The highest BCUT2D eigenvalue weighted by atomic mass is 16.3. The van der Waals surface area contributed by atoms with Crippen LogP contribution in [-0.2, 0) is 13.6 Å². The van der Waals surface area contributed by atoms with Crippen LogP contribution in [0.4, 0.5) is 11.6 Å². The number of aromatic nitrogens is 5. The number of nitrogens with zero attached hydrogens (tertiary/aromatic N) is 6. The molecular weight excluding hydrogens is 434 g/mol. The van der Waals surface area contributed by atoms with E-state index in [-0.39, 0.29) is 5.78 Å². The summed E-state index contributed by atoms with van der Waals surface area (Å²) in [5, 5.41) is 28.3. The van der Waals surface area contributed by atoms with Crippen molar-refractivity contribution in [3.63, 3.8) is 0 Å². The van der Waals surface area contributed by atoms with Crippen molar-refractivity contribution in [3.8, 4) is 5.82 Å². The fraction of sp³-hybridized carbons (Fsp3) is 0.333. The van der Waals surface area contributed by atoms with Crippen molar-refractivity contribution in [2.45, 2.75) is 32.6 Å². The maximum atomic E-state index is 12.0. The molecule has 4 heterocycles. The minimum absolute atomic E-state index is 0.0174. The van der Waals surface area contributed by atoms with E-state index in [1.54, 1.807) is 23.9 Å². The van der Waals surface area contributed by atoms with Crippen LogP contribution in [0.1, 0.15) is 28.5 Å². The zero-order valence-corrected chi connectivity index (χ0v) is 19.3. The summed E-state index contributed by atoms with van der Waals surface area (Å²) in [6.07, 6.45) is 3.99. The topological polar surface area (TPSA) is 121 Å². The fourth-order valence-corrected chi connectivity index (χ4v) is 4.40. The monoisotopic (exact) mass is 461 g/mol. The smallest absolute Gasteiger partial charge is 0.229 e. The van der Waals surface area contributed by atoms with Crippen molar-refractivity contribution in [1.82, 2.24) is 29.2 Å². The van der Waals surface area contributed by atoms with E-state index < -0.39 is 12.2 Å². The molecule has 10 nitrogen and oxygen atoms in total. The molecule has 0 unspecified atom stereocenters. The molecule has 1 saturated heterocycles. The molecule has 0 saturated carbocycles. The molecule has 2 atom stereocenters. The first-order valence-corrected chi connectivity index (χ1v) is 11.1. The number of carbonyl (C=O) groups is 1. The number of nitrogens with one attached hydrogen (secondary N) is 1. The Bertz CT molecular complexity index is 1370. The van der Waals surface area contributed by atoms with Crippen molar-refractivity contribution < 1.29 is 15.0 Å². The summed E-state index contributed by atoms with van der Waals surface area (Å²) in [7, 11) is 1.92. The third kappa shape index (κ3) is 4.18. The molecule has 0 bridgehead atoms. The van der Waals surface area contributed by atoms with Gasteiger partial charge < -0.3 is 20.1 Å². The van der Waals surface area contributed by atoms with Gasteiger partial charge in [-0.05, 0) is 32.0 Å². The number of benzene rings is 1. The first-order chi connectivity index (χ1) is 16.3. The van der Waals surface area contributed by atoms with E-state index in [1.165, 1.54) is 0 Å². The van der Waals surface area contributed by atoms with Crippen LogP contribution >= 0.6 is 0 Å². The number of aliphatic hydroxyl groups is 2. The molecule has 1 aliphatic heterocycles. The van der Waals surface area contributed by atoms with Gasteiger partial charge in [0.2, 0.25) is 5.95 Å². The number of hydrogen-bond donors (Lipinski definition) is 3. The third-order valence-electron chi connectivity index (χ3n) is 6.23. The van der Waals surface area contributed by atoms with Gasteiger partial charge in [-0.2, -0.15) is 10.1 Å². The highest BCUT2D eigenvalue weighted by Crippen LogP contribution is 2.26. The van der Waals surface area contributed by atoms with Crippen molar-refractivity contribution in [1.29, 1.82) is 0 Å². The summed E-state index contributed by atoms with van der Waals surface area (Å²) in [6, 6.07) is 7.59. The summed E-state index contributed by atoms with van der Waals surface area (Å²) in [4.78, 5) is 23.0. The van der Waals surface area contributed by atoms with Crippen molar-refractivity contribution >= 4 is 28.3 Å². The second-order valence-corrected chi connectivity index (χ2v) is 8.82. The van der Waals surface area contributed by atoms with Crippen LogP contribution in [0.15, 0.2) is 42.9 Å². The summed E-state index contributed by atoms with van der Waals surface area (Å²) < 4.78 is 3.64. The maximum Gasteiger partial charge on any atom is 0.229 e. The van der Waals surface area contributed by atoms with Crippen molar-refractivity contribution in [2.24, 2.45) is 7.05 Å². The zero-order valence-electron chi connectivity index (χ0n) is 19.3. The predicted molar refractivity (Wildman–Crippen MR) is 127 cm³/mol. The van der Waals surface area contributed by atoms with Crippen LogP contribution in [0.2, 0.25) is 0 Å². The summed E-state index contributed by atoms with van der Waals surface area (Å²) >= 11 is 0. The highest BCUT2D eigenvalue weighted by molar-refractivity contribution is 6.07. The SMILES string of the molecule is CC(=O)c1cn(C)c2ccc(Nc3nccc(-n4cc(CN5C[C@H](O)[C@@H](O)C5)c(C)n4)n3)cc12. The average molecular weight is 462 g/mol. The number of β-amino-alcohol motifs (C(OH)–C–C–N with tert-alkyl or cyclic N) is 2. The minimum atomic E-state index is -0.715. The molecule has 5 rings (SSSR count). The van der Waals surface area contributed by atoms with Crippen LogP contribution in [-0.4, -0.2) is 70.5 Å². The molecule has 0 amide bonds. The first kappa shape index (κ1) is 22.2. The average Bonchev–Trinajstić information content (AvgIpc) is 3.44. The normalized spacial score (nSPS) is 18.6. The fourth-order valence-electron chi connectivity index (χ4n) is 4.40. The predicted octanol–water partition coefficient (Wildman–Crippen LogP) is 1.95. The van der Waals surface area contributed by atoms with Crippen LogP contribution in [0.25, 0.3) is 16.7 Å².